The molecule has 112 valence electrons. The fourth-order valence-corrected chi connectivity index (χ4v) is 3.54. The topological polar surface area (TPSA) is 32.3 Å². The van der Waals surface area contributed by atoms with E-state index in [1.54, 1.807) is 6.07 Å². The number of thioether (sulfide) groups is 1. The van der Waals surface area contributed by atoms with Gasteiger partial charge in [0.05, 0.1) is 0 Å². The quantitative estimate of drug-likeness (QED) is 0.839. The lowest BCUT2D eigenvalue weighted by Crippen LogP contribution is -2.57. The van der Waals surface area contributed by atoms with Crippen molar-refractivity contribution in [2.24, 2.45) is 0 Å². The van der Waals surface area contributed by atoms with Crippen LogP contribution in [0.2, 0.25) is 0 Å². The Hall–Kier alpha value is -0.790. The number of likely N-dealkylation sites (N-methyl/N-ethyl adjacent to an activating group) is 1. The van der Waals surface area contributed by atoms with Crippen molar-refractivity contribution < 1.29 is 22.7 Å². The van der Waals surface area contributed by atoms with E-state index in [0.717, 1.165) is 29.7 Å². The van der Waals surface area contributed by atoms with Gasteiger partial charge in [0, 0.05) is 10.6 Å². The predicted octanol–water partition coefficient (Wildman–Crippen LogP) is 2.64. The lowest BCUT2D eigenvalue weighted by Gasteiger charge is -2.35. The van der Waals surface area contributed by atoms with E-state index in [4.69, 9.17) is 0 Å². The van der Waals surface area contributed by atoms with Gasteiger partial charge in [-0.3, -0.25) is 0 Å². The SMILES string of the molecule is CNC(C(F)(F)F)C(O)(CF)c1ccc2c(c1)SCC2. The lowest BCUT2D eigenvalue weighted by atomic mass is 9.86. The van der Waals surface area contributed by atoms with Gasteiger partial charge in [-0.15, -0.1) is 11.8 Å². The molecule has 0 radical (unpaired) electrons. The van der Waals surface area contributed by atoms with E-state index >= 15 is 0 Å². The summed E-state index contributed by atoms with van der Waals surface area (Å²) in [4.78, 5) is 0.811. The zero-order chi connectivity index (χ0) is 15.0. The molecular weight excluding hydrogens is 294 g/mol. The molecule has 2 N–H and O–H groups in total. The molecule has 0 fully saturated rings. The third kappa shape index (κ3) is 2.66. The molecule has 2 nitrogen and oxygen atoms in total. The van der Waals surface area contributed by atoms with Crippen molar-refractivity contribution in [3.8, 4) is 0 Å². The van der Waals surface area contributed by atoms with Crippen molar-refractivity contribution in [3.63, 3.8) is 0 Å². The van der Waals surface area contributed by atoms with Gasteiger partial charge in [-0.1, -0.05) is 12.1 Å². The van der Waals surface area contributed by atoms with E-state index in [2.05, 4.69) is 0 Å². The maximum Gasteiger partial charge on any atom is 0.407 e. The van der Waals surface area contributed by atoms with Crippen LogP contribution in [-0.2, 0) is 12.0 Å². The molecule has 1 aromatic rings. The Labute approximate surface area is 118 Å². The molecule has 1 aliphatic rings. The molecule has 0 aliphatic carbocycles. The third-order valence-electron chi connectivity index (χ3n) is 3.49. The number of halogens is 4. The average Bonchev–Trinajstić information content (AvgIpc) is 2.84. The molecule has 0 saturated heterocycles. The minimum Gasteiger partial charge on any atom is -0.380 e. The maximum absolute atomic E-state index is 13.2. The molecule has 1 heterocycles. The normalized spacial score (nSPS) is 19.5. The maximum atomic E-state index is 13.2. The molecule has 2 unspecified atom stereocenters. The van der Waals surface area contributed by atoms with E-state index < -0.39 is 24.5 Å². The van der Waals surface area contributed by atoms with E-state index in [0.29, 0.717) is 0 Å². The van der Waals surface area contributed by atoms with E-state index in [1.807, 2.05) is 5.32 Å². The van der Waals surface area contributed by atoms with Crippen molar-refractivity contribution in [3.05, 3.63) is 29.3 Å². The van der Waals surface area contributed by atoms with E-state index in [1.165, 1.54) is 23.9 Å². The Morgan fingerprint density at radius 3 is 2.65 bits per heavy atom. The second-order valence-corrected chi connectivity index (χ2v) is 5.88. The van der Waals surface area contributed by atoms with Gasteiger partial charge < -0.3 is 10.4 Å². The Morgan fingerprint density at radius 1 is 1.40 bits per heavy atom. The smallest absolute Gasteiger partial charge is 0.380 e. The number of hydrogen-bond acceptors (Lipinski definition) is 3. The molecule has 20 heavy (non-hydrogen) atoms. The molecule has 1 aliphatic heterocycles. The summed E-state index contributed by atoms with van der Waals surface area (Å²) < 4.78 is 52.2. The van der Waals surface area contributed by atoms with Gasteiger partial charge in [0.1, 0.15) is 18.3 Å². The van der Waals surface area contributed by atoms with Gasteiger partial charge in [-0.25, -0.2) is 4.39 Å². The predicted molar refractivity (Wildman–Crippen MR) is 69.6 cm³/mol. The second kappa shape index (κ2) is 5.54. The van der Waals surface area contributed by atoms with Crippen LogP contribution in [0.25, 0.3) is 0 Å². The van der Waals surface area contributed by atoms with Crippen LogP contribution >= 0.6 is 11.8 Å². The number of rotatable bonds is 4. The first-order valence-electron chi connectivity index (χ1n) is 6.11. The minimum atomic E-state index is -4.75. The Balaban J connectivity index is 2.44. The van der Waals surface area contributed by atoms with Crippen molar-refractivity contribution in [2.45, 2.75) is 29.1 Å². The highest BCUT2D eigenvalue weighted by molar-refractivity contribution is 7.99. The highest BCUT2D eigenvalue weighted by Gasteiger charge is 2.53. The van der Waals surface area contributed by atoms with Gasteiger partial charge in [-0.05, 0) is 30.7 Å². The molecule has 1 aromatic carbocycles. The van der Waals surface area contributed by atoms with Crippen molar-refractivity contribution in [1.29, 1.82) is 0 Å². The molecule has 0 saturated carbocycles. The number of aliphatic hydroxyl groups is 1. The zero-order valence-electron chi connectivity index (χ0n) is 10.8. The molecule has 0 spiro atoms. The second-order valence-electron chi connectivity index (χ2n) is 4.74. The number of benzene rings is 1. The molecular formula is C13H15F4NOS. The summed E-state index contributed by atoms with van der Waals surface area (Å²) in [5.74, 6) is 0.849. The number of hydrogen-bond donors (Lipinski definition) is 2. The van der Waals surface area contributed by atoms with Crippen LogP contribution in [-0.4, -0.2) is 36.8 Å². The third-order valence-corrected chi connectivity index (χ3v) is 4.59. The first-order chi connectivity index (χ1) is 9.32. The number of alkyl halides is 4. The first-order valence-corrected chi connectivity index (χ1v) is 7.10. The molecule has 7 heteroatoms. The highest BCUT2D eigenvalue weighted by Crippen LogP contribution is 2.39. The summed E-state index contributed by atoms with van der Waals surface area (Å²) in [5, 5.41) is 12.2. The number of fused-ring (bicyclic) bond motifs is 1. The van der Waals surface area contributed by atoms with E-state index in [-0.39, 0.29) is 5.56 Å². The monoisotopic (exact) mass is 309 g/mol. The van der Waals surface area contributed by atoms with Gasteiger partial charge in [0.25, 0.3) is 0 Å². The van der Waals surface area contributed by atoms with Crippen LogP contribution in [0, 0.1) is 0 Å². The fraction of sp³-hybridized carbons (Fsp3) is 0.538. The van der Waals surface area contributed by atoms with Gasteiger partial charge >= 0.3 is 6.18 Å². The average molecular weight is 309 g/mol. The lowest BCUT2D eigenvalue weighted by molar-refractivity contribution is -0.207. The zero-order valence-corrected chi connectivity index (χ0v) is 11.6. The molecule has 0 aromatic heterocycles. The van der Waals surface area contributed by atoms with Crippen molar-refractivity contribution >= 4 is 11.8 Å². The Bertz CT molecular complexity index is 494. The first kappa shape index (κ1) is 15.6. The van der Waals surface area contributed by atoms with Crippen molar-refractivity contribution in [2.75, 3.05) is 19.5 Å². The highest BCUT2D eigenvalue weighted by atomic mass is 32.2. The Kier molecular flexibility index (Phi) is 4.32. The van der Waals surface area contributed by atoms with E-state index in [9.17, 15) is 22.7 Å². The van der Waals surface area contributed by atoms with Crippen LogP contribution < -0.4 is 5.32 Å². The largest absolute Gasteiger partial charge is 0.407 e. The van der Waals surface area contributed by atoms with Crippen LogP contribution in [0.1, 0.15) is 11.1 Å². The summed E-state index contributed by atoms with van der Waals surface area (Å²) in [7, 11) is 1.06. The van der Waals surface area contributed by atoms with Crippen LogP contribution in [0.15, 0.2) is 23.1 Å². The van der Waals surface area contributed by atoms with Crippen molar-refractivity contribution in [1.82, 2.24) is 5.32 Å². The van der Waals surface area contributed by atoms with Gasteiger partial charge in [0.2, 0.25) is 0 Å². The van der Waals surface area contributed by atoms with Crippen LogP contribution in [0.4, 0.5) is 17.6 Å². The van der Waals surface area contributed by atoms with Gasteiger partial charge in [0.15, 0.2) is 0 Å². The minimum absolute atomic E-state index is 0.0511. The molecule has 2 atom stereocenters. The number of aryl methyl sites for hydroxylation is 1. The van der Waals surface area contributed by atoms with Crippen LogP contribution in [0.3, 0.4) is 0 Å². The fourth-order valence-electron chi connectivity index (χ4n) is 2.43. The molecule has 0 amide bonds. The summed E-state index contributed by atoms with van der Waals surface area (Å²) >= 11 is 1.50. The summed E-state index contributed by atoms with van der Waals surface area (Å²) in [6, 6.07) is 2.14. The summed E-state index contributed by atoms with van der Waals surface area (Å²) in [6.45, 7) is -1.51. The standard InChI is InChI=1S/C13H15F4NOS/c1-18-11(13(15,16)17)12(19,7-14)9-3-2-8-4-5-20-10(8)6-9/h2-3,6,11,18-19H,4-5,7H2,1H3. The van der Waals surface area contributed by atoms with Crippen LogP contribution in [0.5, 0.6) is 0 Å². The summed E-state index contributed by atoms with van der Waals surface area (Å²) in [6.07, 6.45) is -3.91. The summed E-state index contributed by atoms with van der Waals surface area (Å²) in [5.41, 5.74) is -1.65. The molecule has 2 rings (SSSR count). The Morgan fingerprint density at radius 2 is 2.10 bits per heavy atom. The van der Waals surface area contributed by atoms with Gasteiger partial charge in [-0.2, -0.15) is 13.2 Å². The number of nitrogens with one attached hydrogen (secondary N) is 1. The molecule has 0 bridgehead atoms.